The summed E-state index contributed by atoms with van der Waals surface area (Å²) in [6.45, 7) is 0.381. The second-order valence-electron chi connectivity index (χ2n) is 7.11. The molecule has 2 aromatic rings. The molecule has 2 saturated heterocycles. The zero-order chi connectivity index (χ0) is 20.6. The van der Waals surface area contributed by atoms with E-state index >= 15 is 0 Å². The van der Waals surface area contributed by atoms with Gasteiger partial charge in [-0.3, -0.25) is 4.79 Å². The Morgan fingerprint density at radius 2 is 1.90 bits per heavy atom. The van der Waals surface area contributed by atoms with Gasteiger partial charge in [0, 0.05) is 16.8 Å². The first-order chi connectivity index (χ1) is 13.8. The fourth-order valence-electron chi connectivity index (χ4n) is 3.55. The van der Waals surface area contributed by atoms with Gasteiger partial charge in [0.2, 0.25) is 0 Å². The van der Waals surface area contributed by atoms with E-state index in [1.807, 2.05) is 23.1 Å². The maximum absolute atomic E-state index is 13.1. The lowest BCUT2D eigenvalue weighted by molar-refractivity contribution is -0.117. The van der Waals surface area contributed by atoms with Crippen LogP contribution in [-0.2, 0) is 27.6 Å². The molecule has 152 valence electrons. The molecule has 0 unspecified atom stereocenters. The van der Waals surface area contributed by atoms with Crippen molar-refractivity contribution in [2.75, 3.05) is 11.5 Å². The molecular weight excluding hydrogens is 435 g/mol. The van der Waals surface area contributed by atoms with Crippen LogP contribution in [0.25, 0.3) is 0 Å². The SMILES string of the molecule is O=C(Cc1ccc(F)cc1)N=C1S[C@@H]2CS(=O)(=O)C[C@@H]2N1Cc1ccccc1Cl. The average Bonchev–Trinajstić information content (AvgIpc) is 3.11. The van der Waals surface area contributed by atoms with Crippen LogP contribution < -0.4 is 0 Å². The Labute approximate surface area is 177 Å². The van der Waals surface area contributed by atoms with Gasteiger partial charge in [-0.25, -0.2) is 12.8 Å². The van der Waals surface area contributed by atoms with E-state index in [-0.39, 0.29) is 40.9 Å². The van der Waals surface area contributed by atoms with Crippen LogP contribution in [0.5, 0.6) is 0 Å². The van der Waals surface area contributed by atoms with Crippen LogP contribution in [0.15, 0.2) is 53.5 Å². The third-order valence-electron chi connectivity index (χ3n) is 4.96. The Kier molecular flexibility index (Phi) is 5.68. The third kappa shape index (κ3) is 4.65. The van der Waals surface area contributed by atoms with E-state index in [0.717, 1.165) is 5.56 Å². The van der Waals surface area contributed by atoms with Crippen molar-refractivity contribution in [3.63, 3.8) is 0 Å². The van der Waals surface area contributed by atoms with Crippen molar-refractivity contribution in [3.8, 4) is 0 Å². The molecule has 29 heavy (non-hydrogen) atoms. The smallest absolute Gasteiger partial charge is 0.252 e. The number of hydrogen-bond acceptors (Lipinski definition) is 4. The largest absolute Gasteiger partial charge is 0.342 e. The summed E-state index contributed by atoms with van der Waals surface area (Å²) in [5, 5.41) is 0.945. The number of amides is 1. The number of fused-ring (bicyclic) bond motifs is 1. The normalized spacial score (nSPS) is 24.1. The van der Waals surface area contributed by atoms with Crippen molar-refractivity contribution in [1.82, 2.24) is 4.90 Å². The van der Waals surface area contributed by atoms with Gasteiger partial charge in [-0.2, -0.15) is 4.99 Å². The number of carbonyl (C=O) groups excluding carboxylic acids is 1. The molecule has 0 bridgehead atoms. The summed E-state index contributed by atoms with van der Waals surface area (Å²) in [5.74, 6) is -0.600. The minimum absolute atomic E-state index is 0.0420. The Hall–Kier alpha value is -1.90. The second kappa shape index (κ2) is 8.08. The van der Waals surface area contributed by atoms with Gasteiger partial charge in [0.05, 0.1) is 24.0 Å². The lowest BCUT2D eigenvalue weighted by atomic mass is 10.1. The van der Waals surface area contributed by atoms with Gasteiger partial charge in [-0.1, -0.05) is 53.7 Å². The lowest BCUT2D eigenvalue weighted by Gasteiger charge is -2.25. The van der Waals surface area contributed by atoms with Gasteiger partial charge in [0.1, 0.15) is 5.82 Å². The Morgan fingerprint density at radius 1 is 1.17 bits per heavy atom. The van der Waals surface area contributed by atoms with Crippen LogP contribution in [-0.4, -0.2) is 47.2 Å². The first-order valence-corrected chi connectivity index (χ1v) is 12.1. The van der Waals surface area contributed by atoms with Gasteiger partial charge >= 0.3 is 0 Å². The molecule has 0 aliphatic carbocycles. The van der Waals surface area contributed by atoms with Crippen LogP contribution in [0.1, 0.15) is 11.1 Å². The highest BCUT2D eigenvalue weighted by molar-refractivity contribution is 8.15. The first-order valence-electron chi connectivity index (χ1n) is 9.04. The van der Waals surface area contributed by atoms with E-state index in [0.29, 0.717) is 22.3 Å². The summed E-state index contributed by atoms with van der Waals surface area (Å²) >= 11 is 7.62. The quantitative estimate of drug-likeness (QED) is 0.712. The first kappa shape index (κ1) is 20.4. The molecule has 2 aliphatic heterocycles. The minimum atomic E-state index is -3.12. The molecule has 0 aromatic heterocycles. The number of benzene rings is 2. The number of thioether (sulfide) groups is 1. The summed E-state index contributed by atoms with van der Waals surface area (Å²) in [5.41, 5.74) is 1.52. The van der Waals surface area contributed by atoms with Gasteiger partial charge in [-0.05, 0) is 29.3 Å². The number of amidine groups is 1. The molecule has 0 saturated carbocycles. The number of sulfone groups is 1. The number of halogens is 2. The molecule has 4 rings (SSSR count). The van der Waals surface area contributed by atoms with E-state index in [1.54, 1.807) is 18.2 Å². The second-order valence-corrected chi connectivity index (χ2v) is 10.9. The summed E-state index contributed by atoms with van der Waals surface area (Å²) in [6.07, 6.45) is 0.0535. The van der Waals surface area contributed by atoms with E-state index in [2.05, 4.69) is 4.99 Å². The molecular formula is C20H18ClFN2O3S2. The highest BCUT2D eigenvalue weighted by atomic mass is 35.5. The van der Waals surface area contributed by atoms with Crippen molar-refractivity contribution in [3.05, 3.63) is 70.5 Å². The zero-order valence-electron chi connectivity index (χ0n) is 15.3. The van der Waals surface area contributed by atoms with Gasteiger partial charge in [-0.15, -0.1) is 0 Å². The molecule has 2 atom stereocenters. The minimum Gasteiger partial charge on any atom is -0.342 e. The molecule has 2 aromatic carbocycles. The van der Waals surface area contributed by atoms with Crippen LogP contribution in [0.2, 0.25) is 5.02 Å². The van der Waals surface area contributed by atoms with Crippen molar-refractivity contribution in [2.24, 2.45) is 4.99 Å². The van der Waals surface area contributed by atoms with Crippen LogP contribution in [0.4, 0.5) is 4.39 Å². The van der Waals surface area contributed by atoms with Crippen LogP contribution in [0.3, 0.4) is 0 Å². The highest BCUT2D eigenvalue weighted by Crippen LogP contribution is 2.39. The molecule has 2 heterocycles. The summed E-state index contributed by atoms with van der Waals surface area (Å²) in [4.78, 5) is 18.6. The fraction of sp³-hybridized carbons (Fsp3) is 0.300. The van der Waals surface area contributed by atoms with E-state index in [1.165, 1.54) is 23.9 Å². The average molecular weight is 453 g/mol. The Bertz CT molecular complexity index is 1070. The number of nitrogens with zero attached hydrogens (tertiary/aromatic N) is 2. The predicted octanol–water partition coefficient (Wildman–Crippen LogP) is 3.32. The zero-order valence-corrected chi connectivity index (χ0v) is 17.7. The van der Waals surface area contributed by atoms with Crippen molar-refractivity contribution >= 4 is 44.3 Å². The predicted molar refractivity (Wildman–Crippen MR) is 113 cm³/mol. The van der Waals surface area contributed by atoms with Crippen molar-refractivity contribution in [1.29, 1.82) is 0 Å². The third-order valence-corrected chi connectivity index (χ3v) is 8.58. The number of rotatable bonds is 4. The molecule has 0 spiro atoms. The molecule has 0 radical (unpaired) electrons. The highest BCUT2D eigenvalue weighted by Gasteiger charge is 2.48. The number of carbonyl (C=O) groups is 1. The van der Waals surface area contributed by atoms with Crippen LogP contribution in [0, 0.1) is 5.82 Å². The molecule has 1 amide bonds. The Balaban J connectivity index is 1.58. The standard InChI is InChI=1S/C20H18ClFN2O3S2/c21-16-4-2-1-3-14(16)10-24-17-11-29(26,27)12-18(17)28-20(24)23-19(25)9-13-5-7-15(22)8-6-13/h1-8,17-18H,9-12H2/t17-,18+/m0/s1. The molecule has 0 N–H and O–H groups in total. The molecule has 2 fully saturated rings. The van der Waals surface area contributed by atoms with Gasteiger partial charge in [0.15, 0.2) is 15.0 Å². The summed E-state index contributed by atoms with van der Waals surface area (Å²) in [7, 11) is -3.12. The van der Waals surface area contributed by atoms with E-state index in [9.17, 15) is 17.6 Å². The van der Waals surface area contributed by atoms with E-state index < -0.39 is 9.84 Å². The fourth-order valence-corrected chi connectivity index (χ4v) is 7.72. The summed E-state index contributed by atoms with van der Waals surface area (Å²) < 4.78 is 37.3. The Morgan fingerprint density at radius 3 is 2.62 bits per heavy atom. The topological polar surface area (TPSA) is 66.8 Å². The maximum Gasteiger partial charge on any atom is 0.252 e. The van der Waals surface area contributed by atoms with E-state index in [4.69, 9.17) is 11.6 Å². The summed E-state index contributed by atoms with van der Waals surface area (Å²) in [6, 6.07) is 12.8. The number of hydrogen-bond donors (Lipinski definition) is 0. The molecule has 5 nitrogen and oxygen atoms in total. The van der Waals surface area contributed by atoms with Gasteiger partial charge < -0.3 is 4.90 Å². The van der Waals surface area contributed by atoms with Crippen molar-refractivity contribution in [2.45, 2.75) is 24.3 Å². The van der Waals surface area contributed by atoms with Gasteiger partial charge in [0.25, 0.3) is 5.91 Å². The lowest BCUT2D eigenvalue weighted by Crippen LogP contribution is -2.37. The van der Waals surface area contributed by atoms with Crippen molar-refractivity contribution < 1.29 is 17.6 Å². The molecule has 2 aliphatic rings. The molecule has 9 heteroatoms. The van der Waals surface area contributed by atoms with Crippen LogP contribution >= 0.6 is 23.4 Å². The maximum atomic E-state index is 13.1. The number of aliphatic imine (C=N–C) groups is 1. The monoisotopic (exact) mass is 452 g/mol.